The van der Waals surface area contributed by atoms with Gasteiger partial charge in [-0.15, -0.1) is 0 Å². The highest BCUT2D eigenvalue weighted by atomic mass is 16.5. The molecule has 0 spiro atoms. The van der Waals surface area contributed by atoms with Gasteiger partial charge < -0.3 is 15.4 Å². The molecule has 0 aliphatic heterocycles. The van der Waals surface area contributed by atoms with Gasteiger partial charge in [-0.3, -0.25) is 9.59 Å². The number of rotatable bonds is 5. The average molecular weight is 374 g/mol. The molecule has 3 rings (SSSR count). The molecule has 0 aliphatic rings. The van der Waals surface area contributed by atoms with Crippen molar-refractivity contribution in [1.82, 2.24) is 0 Å². The summed E-state index contributed by atoms with van der Waals surface area (Å²) >= 11 is 0. The third-order valence-corrected chi connectivity index (χ3v) is 4.22. The summed E-state index contributed by atoms with van der Waals surface area (Å²) in [5.41, 5.74) is 4.51. The van der Waals surface area contributed by atoms with Gasteiger partial charge in [-0.05, 0) is 73.5 Å². The molecule has 28 heavy (non-hydrogen) atoms. The molecule has 3 aromatic carbocycles. The maximum Gasteiger partial charge on any atom is 0.255 e. The van der Waals surface area contributed by atoms with Crippen LogP contribution < -0.4 is 15.4 Å². The number of ether oxygens (including phenoxy) is 1. The second kappa shape index (κ2) is 8.39. The van der Waals surface area contributed by atoms with Gasteiger partial charge in [0.25, 0.3) is 11.8 Å². The summed E-state index contributed by atoms with van der Waals surface area (Å²) in [5, 5.41) is 5.70. The summed E-state index contributed by atoms with van der Waals surface area (Å²) in [6.45, 7) is 3.97. The topological polar surface area (TPSA) is 67.4 Å². The second-order valence-electron chi connectivity index (χ2n) is 6.59. The van der Waals surface area contributed by atoms with Crippen molar-refractivity contribution in [3.8, 4) is 5.75 Å². The van der Waals surface area contributed by atoms with Crippen LogP contribution in [0, 0.1) is 13.8 Å². The van der Waals surface area contributed by atoms with Crippen LogP contribution in [-0.4, -0.2) is 18.9 Å². The molecule has 0 saturated carbocycles. The Morgan fingerprint density at radius 3 is 1.79 bits per heavy atom. The van der Waals surface area contributed by atoms with Crippen LogP contribution in [0.5, 0.6) is 5.75 Å². The van der Waals surface area contributed by atoms with E-state index in [1.807, 2.05) is 32.0 Å². The zero-order valence-corrected chi connectivity index (χ0v) is 16.1. The number of hydrogen-bond acceptors (Lipinski definition) is 3. The minimum atomic E-state index is -0.255. The number of nitrogens with one attached hydrogen (secondary N) is 2. The zero-order valence-electron chi connectivity index (χ0n) is 16.1. The van der Waals surface area contributed by atoms with Crippen LogP contribution in [0.15, 0.2) is 66.7 Å². The molecule has 0 saturated heterocycles. The van der Waals surface area contributed by atoms with E-state index in [4.69, 9.17) is 4.74 Å². The van der Waals surface area contributed by atoms with E-state index in [-0.39, 0.29) is 11.8 Å². The molecule has 142 valence electrons. The molecule has 2 N–H and O–H groups in total. The largest absolute Gasteiger partial charge is 0.497 e. The van der Waals surface area contributed by atoms with Gasteiger partial charge in [0.1, 0.15) is 5.75 Å². The smallest absolute Gasteiger partial charge is 0.255 e. The van der Waals surface area contributed by atoms with Gasteiger partial charge in [-0.1, -0.05) is 12.1 Å². The number of carbonyl (C=O) groups is 2. The van der Waals surface area contributed by atoms with E-state index in [1.54, 1.807) is 55.6 Å². The Kier molecular flexibility index (Phi) is 5.75. The first-order valence-corrected chi connectivity index (χ1v) is 8.90. The van der Waals surface area contributed by atoms with Crippen LogP contribution in [0.1, 0.15) is 31.8 Å². The van der Waals surface area contributed by atoms with Crippen LogP contribution in [0.2, 0.25) is 0 Å². The summed E-state index contributed by atoms with van der Waals surface area (Å²) in [6, 6.07) is 19.5. The van der Waals surface area contributed by atoms with Crippen LogP contribution in [-0.2, 0) is 0 Å². The van der Waals surface area contributed by atoms with E-state index in [1.165, 1.54) is 0 Å². The van der Waals surface area contributed by atoms with E-state index < -0.39 is 0 Å². The number of benzene rings is 3. The Bertz CT molecular complexity index is 990. The number of anilines is 2. The lowest BCUT2D eigenvalue weighted by atomic mass is 10.1. The van der Waals surface area contributed by atoms with Crippen molar-refractivity contribution >= 4 is 23.2 Å². The molecule has 0 aliphatic carbocycles. The van der Waals surface area contributed by atoms with Gasteiger partial charge in [0.05, 0.1) is 7.11 Å². The van der Waals surface area contributed by atoms with Gasteiger partial charge in [0.2, 0.25) is 0 Å². The monoisotopic (exact) mass is 374 g/mol. The predicted molar refractivity (Wildman–Crippen MR) is 111 cm³/mol. The fraction of sp³-hybridized carbons (Fsp3) is 0.130. The molecule has 0 unspecified atom stereocenters. The van der Waals surface area contributed by atoms with Crippen molar-refractivity contribution in [2.24, 2.45) is 0 Å². The van der Waals surface area contributed by atoms with Gasteiger partial charge in [-0.2, -0.15) is 0 Å². The SMILES string of the molecule is COc1cccc(NC(=O)c2ccc(C(=O)Nc3cc(C)cc(C)c3)cc2)c1. The Labute approximate surface area is 164 Å². The molecule has 0 fully saturated rings. The number of amides is 2. The first kappa shape index (κ1) is 19.2. The molecule has 0 heterocycles. The van der Waals surface area contributed by atoms with Gasteiger partial charge >= 0.3 is 0 Å². The molecule has 0 atom stereocenters. The third kappa shape index (κ3) is 4.76. The molecule has 5 nitrogen and oxygen atoms in total. The first-order valence-electron chi connectivity index (χ1n) is 8.90. The fourth-order valence-electron chi connectivity index (χ4n) is 2.93. The van der Waals surface area contributed by atoms with Gasteiger partial charge in [0.15, 0.2) is 0 Å². The molecule has 0 radical (unpaired) electrons. The minimum Gasteiger partial charge on any atom is -0.497 e. The molecule has 3 aromatic rings. The van der Waals surface area contributed by atoms with E-state index in [0.717, 1.165) is 16.8 Å². The van der Waals surface area contributed by atoms with Crippen molar-refractivity contribution in [2.75, 3.05) is 17.7 Å². The van der Waals surface area contributed by atoms with Crippen LogP contribution in [0.3, 0.4) is 0 Å². The maximum atomic E-state index is 12.5. The summed E-state index contributed by atoms with van der Waals surface area (Å²) in [5.74, 6) is 0.190. The number of aryl methyl sites for hydroxylation is 2. The number of methoxy groups -OCH3 is 1. The molecular formula is C23H22N2O3. The number of hydrogen-bond donors (Lipinski definition) is 2. The first-order chi connectivity index (χ1) is 13.4. The fourth-order valence-corrected chi connectivity index (χ4v) is 2.93. The molecule has 0 bridgehead atoms. The average Bonchev–Trinajstić information content (AvgIpc) is 2.67. The zero-order chi connectivity index (χ0) is 20.1. The van der Waals surface area contributed by atoms with Gasteiger partial charge in [-0.25, -0.2) is 0 Å². The van der Waals surface area contributed by atoms with Crippen LogP contribution in [0.4, 0.5) is 11.4 Å². The summed E-state index contributed by atoms with van der Waals surface area (Å²) < 4.78 is 5.15. The predicted octanol–water partition coefficient (Wildman–Crippen LogP) is 4.82. The Balaban J connectivity index is 1.68. The summed E-state index contributed by atoms with van der Waals surface area (Å²) in [4.78, 5) is 24.9. The normalized spacial score (nSPS) is 10.2. The molecule has 5 heteroatoms. The highest BCUT2D eigenvalue weighted by Crippen LogP contribution is 2.18. The van der Waals surface area contributed by atoms with E-state index in [0.29, 0.717) is 22.6 Å². The van der Waals surface area contributed by atoms with Crippen molar-refractivity contribution in [2.45, 2.75) is 13.8 Å². The van der Waals surface area contributed by atoms with E-state index in [9.17, 15) is 9.59 Å². The van der Waals surface area contributed by atoms with E-state index >= 15 is 0 Å². The van der Waals surface area contributed by atoms with Crippen molar-refractivity contribution in [1.29, 1.82) is 0 Å². The van der Waals surface area contributed by atoms with Crippen LogP contribution >= 0.6 is 0 Å². The lowest BCUT2D eigenvalue weighted by Gasteiger charge is -2.09. The Morgan fingerprint density at radius 1 is 0.714 bits per heavy atom. The van der Waals surface area contributed by atoms with Crippen molar-refractivity contribution in [3.63, 3.8) is 0 Å². The second-order valence-corrected chi connectivity index (χ2v) is 6.59. The quantitative estimate of drug-likeness (QED) is 0.673. The third-order valence-electron chi connectivity index (χ3n) is 4.22. The molecule has 2 amide bonds. The summed E-state index contributed by atoms with van der Waals surface area (Å²) in [6.07, 6.45) is 0. The van der Waals surface area contributed by atoms with Crippen LogP contribution in [0.25, 0.3) is 0 Å². The Morgan fingerprint density at radius 2 is 1.25 bits per heavy atom. The highest BCUT2D eigenvalue weighted by molar-refractivity contribution is 6.07. The lowest BCUT2D eigenvalue weighted by Crippen LogP contribution is -2.14. The lowest BCUT2D eigenvalue weighted by molar-refractivity contribution is 0.101. The van der Waals surface area contributed by atoms with E-state index in [2.05, 4.69) is 10.6 Å². The number of carbonyl (C=O) groups excluding carboxylic acids is 2. The van der Waals surface area contributed by atoms with Gasteiger partial charge in [0, 0.05) is 28.6 Å². The summed E-state index contributed by atoms with van der Waals surface area (Å²) in [7, 11) is 1.57. The highest BCUT2D eigenvalue weighted by Gasteiger charge is 2.10. The molecular weight excluding hydrogens is 352 g/mol. The standard InChI is InChI=1S/C23H22N2O3/c1-15-11-16(2)13-20(12-15)25-23(27)18-9-7-17(8-10-18)22(26)24-19-5-4-6-21(14-19)28-3/h4-14H,1-3H3,(H,24,26)(H,25,27). The van der Waals surface area contributed by atoms with Crippen molar-refractivity contribution < 1.29 is 14.3 Å². The van der Waals surface area contributed by atoms with Crippen molar-refractivity contribution in [3.05, 3.63) is 89.0 Å². The molecule has 0 aromatic heterocycles. The maximum absolute atomic E-state index is 12.5. The Hall–Kier alpha value is -3.60. The minimum absolute atomic E-state index is 0.218.